The zero-order valence-corrected chi connectivity index (χ0v) is 18.3. The molecule has 1 unspecified atom stereocenters. The number of hydrogen-bond donors (Lipinski definition) is 2. The van der Waals surface area contributed by atoms with Gasteiger partial charge in [0.1, 0.15) is 5.84 Å². The summed E-state index contributed by atoms with van der Waals surface area (Å²) in [6, 6.07) is 8.98. The fourth-order valence-electron chi connectivity index (χ4n) is 4.57. The highest BCUT2D eigenvalue weighted by Crippen LogP contribution is 2.29. The van der Waals surface area contributed by atoms with Gasteiger partial charge in [0.05, 0.1) is 6.54 Å². The first-order chi connectivity index (χ1) is 14.6. The molecule has 160 valence electrons. The topological polar surface area (TPSA) is 56.7 Å². The molecule has 1 atom stereocenters. The molecular formula is C25H34N4O. The first kappa shape index (κ1) is 20.9. The van der Waals surface area contributed by atoms with Crippen LogP contribution in [0.3, 0.4) is 0 Å². The van der Waals surface area contributed by atoms with Crippen LogP contribution in [0.15, 0.2) is 47.1 Å². The van der Waals surface area contributed by atoms with Crippen LogP contribution in [0.5, 0.6) is 0 Å². The second-order valence-corrected chi connectivity index (χ2v) is 8.85. The number of amides is 1. The molecule has 1 amide bonds. The van der Waals surface area contributed by atoms with E-state index in [0.717, 1.165) is 51.2 Å². The van der Waals surface area contributed by atoms with Gasteiger partial charge in [-0.25, -0.2) is 0 Å². The number of fused-ring (bicyclic) bond motifs is 4. The van der Waals surface area contributed by atoms with Gasteiger partial charge in [0.25, 0.3) is 0 Å². The number of aryl methyl sites for hydroxylation is 1. The van der Waals surface area contributed by atoms with Crippen LogP contribution in [-0.4, -0.2) is 49.4 Å². The number of hydrogen-bond acceptors (Lipinski definition) is 4. The second-order valence-electron chi connectivity index (χ2n) is 8.85. The van der Waals surface area contributed by atoms with E-state index in [4.69, 9.17) is 4.99 Å². The summed E-state index contributed by atoms with van der Waals surface area (Å²) in [4.78, 5) is 19.5. The predicted octanol–water partition coefficient (Wildman–Crippen LogP) is 3.39. The standard InChI is InChI=1S/C25H34N4O/c1-18(2)25(30)29-14-4-3-6-19-7-5-8-21(16-19)22-17-26-12-11-20-9-10-23(27-13-15-29)28-24(20)22/h5,7-10,16,18,20,26H,3-4,6,11-15,17H2,1-2H3,(H,27,28). The van der Waals surface area contributed by atoms with E-state index in [1.165, 1.54) is 22.4 Å². The van der Waals surface area contributed by atoms with Crippen molar-refractivity contribution in [2.45, 2.75) is 39.5 Å². The van der Waals surface area contributed by atoms with Gasteiger partial charge in [0.2, 0.25) is 5.91 Å². The minimum Gasteiger partial charge on any atom is -0.343 e. The van der Waals surface area contributed by atoms with Crippen LogP contribution >= 0.6 is 0 Å². The Balaban J connectivity index is 1.68. The molecule has 30 heavy (non-hydrogen) atoms. The number of nitrogens with one attached hydrogen (secondary N) is 2. The average Bonchev–Trinajstić information content (AvgIpc) is 2.96. The van der Waals surface area contributed by atoms with Gasteiger partial charge in [-0.3, -0.25) is 9.79 Å². The maximum Gasteiger partial charge on any atom is 0.225 e. The van der Waals surface area contributed by atoms with Crippen molar-refractivity contribution in [1.82, 2.24) is 15.5 Å². The Kier molecular flexibility index (Phi) is 6.68. The SMILES string of the molecule is CC(C)C(=O)N1CCCCc2cccc(c2)C2=C3NC(=NCC1)C=CC3CCNC2. The van der Waals surface area contributed by atoms with Crippen molar-refractivity contribution in [2.24, 2.45) is 16.8 Å². The third-order valence-electron chi connectivity index (χ3n) is 6.26. The van der Waals surface area contributed by atoms with Crippen LogP contribution in [0.4, 0.5) is 0 Å². The van der Waals surface area contributed by atoms with Crippen molar-refractivity contribution < 1.29 is 4.79 Å². The summed E-state index contributed by atoms with van der Waals surface area (Å²) >= 11 is 0. The third kappa shape index (κ3) is 4.84. The number of rotatable bonds is 1. The van der Waals surface area contributed by atoms with Gasteiger partial charge >= 0.3 is 0 Å². The van der Waals surface area contributed by atoms with Crippen LogP contribution in [0.25, 0.3) is 5.57 Å². The molecule has 3 aliphatic heterocycles. The van der Waals surface area contributed by atoms with E-state index in [2.05, 4.69) is 47.1 Å². The zero-order valence-electron chi connectivity index (χ0n) is 18.3. The number of carbonyl (C=O) groups is 1. The summed E-state index contributed by atoms with van der Waals surface area (Å²) in [7, 11) is 0. The summed E-state index contributed by atoms with van der Waals surface area (Å²) in [6.45, 7) is 7.97. The number of allylic oxidation sites excluding steroid dienone is 1. The van der Waals surface area contributed by atoms with Crippen molar-refractivity contribution in [3.05, 3.63) is 53.2 Å². The molecule has 3 heterocycles. The number of carbonyl (C=O) groups excluding carboxylic acids is 1. The van der Waals surface area contributed by atoms with Gasteiger partial charge in [0, 0.05) is 37.2 Å². The molecule has 2 N–H and O–H groups in total. The average molecular weight is 407 g/mol. The molecule has 0 spiro atoms. The fourth-order valence-corrected chi connectivity index (χ4v) is 4.57. The Morgan fingerprint density at radius 3 is 3.00 bits per heavy atom. The highest BCUT2D eigenvalue weighted by molar-refractivity contribution is 5.97. The normalized spacial score (nSPS) is 22.6. The molecule has 0 saturated carbocycles. The van der Waals surface area contributed by atoms with Crippen LogP contribution in [0.1, 0.15) is 44.2 Å². The van der Waals surface area contributed by atoms with Crippen LogP contribution in [0, 0.1) is 11.8 Å². The molecule has 5 nitrogen and oxygen atoms in total. The number of amidine groups is 1. The van der Waals surface area contributed by atoms with Crippen molar-refractivity contribution in [1.29, 1.82) is 0 Å². The Bertz CT molecular complexity index is 868. The number of nitrogens with zero attached hydrogens (tertiary/aromatic N) is 2. The summed E-state index contributed by atoms with van der Waals surface area (Å²) in [6.07, 6.45) is 8.65. The predicted molar refractivity (Wildman–Crippen MR) is 123 cm³/mol. The smallest absolute Gasteiger partial charge is 0.225 e. The van der Waals surface area contributed by atoms with E-state index in [1.807, 2.05) is 18.7 Å². The lowest BCUT2D eigenvalue weighted by molar-refractivity contribution is -0.134. The first-order valence-electron chi connectivity index (χ1n) is 11.4. The maximum absolute atomic E-state index is 12.7. The molecule has 4 rings (SSSR count). The lowest BCUT2D eigenvalue weighted by Crippen LogP contribution is -2.37. The molecule has 0 radical (unpaired) electrons. The lowest BCUT2D eigenvalue weighted by atomic mass is 9.91. The van der Waals surface area contributed by atoms with Gasteiger partial charge < -0.3 is 15.5 Å². The lowest BCUT2D eigenvalue weighted by Gasteiger charge is -2.26. The van der Waals surface area contributed by atoms with Crippen molar-refractivity contribution >= 4 is 17.3 Å². The van der Waals surface area contributed by atoms with E-state index in [-0.39, 0.29) is 11.8 Å². The highest BCUT2D eigenvalue weighted by atomic mass is 16.2. The van der Waals surface area contributed by atoms with Crippen molar-refractivity contribution in [3.8, 4) is 0 Å². The maximum atomic E-state index is 12.7. The Morgan fingerprint density at radius 2 is 2.13 bits per heavy atom. The molecule has 5 heteroatoms. The Morgan fingerprint density at radius 1 is 1.23 bits per heavy atom. The zero-order chi connectivity index (χ0) is 20.9. The fraction of sp³-hybridized carbons (Fsp3) is 0.520. The third-order valence-corrected chi connectivity index (χ3v) is 6.26. The molecule has 0 aromatic heterocycles. The first-order valence-corrected chi connectivity index (χ1v) is 11.4. The molecule has 1 aromatic carbocycles. The molecular weight excluding hydrogens is 372 g/mol. The summed E-state index contributed by atoms with van der Waals surface area (Å²) in [5.41, 5.74) is 5.31. The monoisotopic (exact) mass is 406 g/mol. The summed E-state index contributed by atoms with van der Waals surface area (Å²) in [5.74, 6) is 1.56. The van der Waals surface area contributed by atoms with Crippen LogP contribution in [-0.2, 0) is 11.2 Å². The van der Waals surface area contributed by atoms with E-state index in [1.54, 1.807) is 0 Å². The summed E-state index contributed by atoms with van der Waals surface area (Å²) in [5, 5.41) is 7.24. The summed E-state index contributed by atoms with van der Waals surface area (Å²) < 4.78 is 0. The van der Waals surface area contributed by atoms with E-state index in [0.29, 0.717) is 19.0 Å². The molecule has 0 saturated heterocycles. The van der Waals surface area contributed by atoms with Gasteiger partial charge in [-0.15, -0.1) is 0 Å². The minimum absolute atomic E-state index is 0.0241. The quantitative estimate of drug-likeness (QED) is 0.752. The second kappa shape index (κ2) is 9.61. The largest absolute Gasteiger partial charge is 0.343 e. The Labute approximate surface area is 180 Å². The van der Waals surface area contributed by atoms with E-state index < -0.39 is 0 Å². The van der Waals surface area contributed by atoms with Crippen molar-refractivity contribution in [3.63, 3.8) is 0 Å². The van der Waals surface area contributed by atoms with E-state index >= 15 is 0 Å². The number of aliphatic imine (C=N–C) groups is 1. The van der Waals surface area contributed by atoms with Gasteiger partial charge in [-0.05, 0) is 55.0 Å². The highest BCUT2D eigenvalue weighted by Gasteiger charge is 2.24. The molecule has 4 bridgehead atoms. The van der Waals surface area contributed by atoms with Gasteiger partial charge in [-0.1, -0.05) is 44.2 Å². The number of benzene rings is 1. The van der Waals surface area contributed by atoms with E-state index in [9.17, 15) is 4.79 Å². The Hall–Kier alpha value is -2.40. The molecule has 1 aromatic rings. The van der Waals surface area contributed by atoms with Crippen LogP contribution < -0.4 is 10.6 Å². The molecule has 0 aliphatic carbocycles. The van der Waals surface area contributed by atoms with Gasteiger partial charge in [0.15, 0.2) is 0 Å². The van der Waals surface area contributed by atoms with Crippen molar-refractivity contribution in [2.75, 3.05) is 32.7 Å². The van der Waals surface area contributed by atoms with Gasteiger partial charge in [-0.2, -0.15) is 0 Å². The minimum atomic E-state index is 0.0241. The molecule has 3 aliphatic rings. The van der Waals surface area contributed by atoms with Crippen LogP contribution in [0.2, 0.25) is 0 Å². The molecule has 0 fully saturated rings.